The van der Waals surface area contributed by atoms with E-state index < -0.39 is 0 Å². The maximum Gasteiger partial charge on any atom is 0.339 e. The molecule has 0 saturated heterocycles. The molecule has 18 heavy (non-hydrogen) atoms. The Labute approximate surface area is 110 Å². The second kappa shape index (κ2) is 5.73. The largest absolute Gasteiger partial charge is 0.462 e. The summed E-state index contributed by atoms with van der Waals surface area (Å²) in [5.41, 5.74) is 4.22. The number of nitrogens with zero attached hydrogens (tertiary/aromatic N) is 2. The summed E-state index contributed by atoms with van der Waals surface area (Å²) in [7, 11) is 0. The van der Waals surface area contributed by atoms with Gasteiger partial charge in [0.15, 0.2) is 0 Å². The number of aromatic nitrogens is 2. The van der Waals surface area contributed by atoms with E-state index in [4.69, 9.17) is 4.74 Å². The Kier molecular flexibility index (Phi) is 4.04. The maximum atomic E-state index is 11.8. The van der Waals surface area contributed by atoms with Gasteiger partial charge in [-0.15, -0.1) is 11.3 Å². The normalized spacial score (nSPS) is 10.3. The quantitative estimate of drug-likeness (QED) is 0.795. The SMILES string of the molecule is Cc1ccncc1C(=O)OCCc1scnc1C. The third-order valence-electron chi connectivity index (χ3n) is 2.67. The number of ether oxygens (including phenoxy) is 1. The van der Waals surface area contributed by atoms with Crippen molar-refractivity contribution in [3.05, 3.63) is 45.7 Å². The molecule has 0 aliphatic heterocycles. The van der Waals surface area contributed by atoms with Crippen LogP contribution >= 0.6 is 11.3 Å². The summed E-state index contributed by atoms with van der Waals surface area (Å²) < 4.78 is 5.24. The van der Waals surface area contributed by atoms with E-state index in [0.717, 1.165) is 16.1 Å². The standard InChI is InChI=1S/C13H14N2O2S/c1-9-3-5-14-7-11(9)13(16)17-6-4-12-10(2)15-8-18-12/h3,5,7-8H,4,6H2,1-2H3. The lowest BCUT2D eigenvalue weighted by molar-refractivity contribution is 0.0508. The zero-order valence-electron chi connectivity index (χ0n) is 10.3. The molecule has 0 aliphatic carbocycles. The molecule has 2 aromatic rings. The van der Waals surface area contributed by atoms with Crippen molar-refractivity contribution < 1.29 is 9.53 Å². The molecule has 94 valence electrons. The molecule has 0 N–H and O–H groups in total. The van der Waals surface area contributed by atoms with E-state index in [-0.39, 0.29) is 5.97 Å². The molecule has 4 nitrogen and oxygen atoms in total. The van der Waals surface area contributed by atoms with Crippen LogP contribution in [0.3, 0.4) is 0 Å². The third kappa shape index (κ3) is 2.92. The minimum atomic E-state index is -0.317. The van der Waals surface area contributed by atoms with Crippen molar-refractivity contribution in [1.82, 2.24) is 9.97 Å². The maximum absolute atomic E-state index is 11.8. The Morgan fingerprint density at radius 1 is 1.44 bits per heavy atom. The van der Waals surface area contributed by atoms with E-state index >= 15 is 0 Å². The first kappa shape index (κ1) is 12.7. The molecule has 2 heterocycles. The molecule has 0 atom stereocenters. The van der Waals surface area contributed by atoms with Gasteiger partial charge in [-0.25, -0.2) is 9.78 Å². The summed E-state index contributed by atoms with van der Waals surface area (Å²) in [6.45, 7) is 4.20. The number of esters is 1. The predicted molar refractivity (Wildman–Crippen MR) is 69.8 cm³/mol. The summed E-state index contributed by atoms with van der Waals surface area (Å²) in [5, 5.41) is 0. The van der Waals surface area contributed by atoms with Gasteiger partial charge in [-0.3, -0.25) is 4.98 Å². The Morgan fingerprint density at radius 2 is 2.28 bits per heavy atom. The van der Waals surface area contributed by atoms with Gasteiger partial charge in [0.05, 0.1) is 23.4 Å². The fourth-order valence-corrected chi connectivity index (χ4v) is 2.32. The van der Waals surface area contributed by atoms with E-state index in [0.29, 0.717) is 18.6 Å². The predicted octanol–water partition coefficient (Wildman–Crippen LogP) is 2.55. The molecule has 0 saturated carbocycles. The van der Waals surface area contributed by atoms with Gasteiger partial charge in [-0.1, -0.05) is 0 Å². The highest BCUT2D eigenvalue weighted by molar-refractivity contribution is 7.09. The van der Waals surface area contributed by atoms with Gasteiger partial charge in [-0.2, -0.15) is 0 Å². The average Bonchev–Trinajstić information content (AvgIpc) is 2.75. The van der Waals surface area contributed by atoms with Crippen molar-refractivity contribution in [3.8, 4) is 0 Å². The molecule has 2 rings (SSSR count). The number of hydrogen-bond donors (Lipinski definition) is 0. The highest BCUT2D eigenvalue weighted by Gasteiger charge is 2.10. The minimum absolute atomic E-state index is 0.317. The number of hydrogen-bond acceptors (Lipinski definition) is 5. The van der Waals surface area contributed by atoms with Crippen LogP contribution in [-0.2, 0) is 11.2 Å². The number of rotatable bonds is 4. The number of carbonyl (C=O) groups is 1. The minimum Gasteiger partial charge on any atom is -0.462 e. The van der Waals surface area contributed by atoms with E-state index in [2.05, 4.69) is 9.97 Å². The average molecular weight is 262 g/mol. The highest BCUT2D eigenvalue weighted by Crippen LogP contribution is 2.13. The smallest absolute Gasteiger partial charge is 0.339 e. The molecule has 5 heteroatoms. The van der Waals surface area contributed by atoms with Crippen molar-refractivity contribution in [2.45, 2.75) is 20.3 Å². The van der Waals surface area contributed by atoms with Gasteiger partial charge in [0.2, 0.25) is 0 Å². The van der Waals surface area contributed by atoms with E-state index in [9.17, 15) is 4.79 Å². The molecule has 0 aromatic carbocycles. The van der Waals surface area contributed by atoms with Gasteiger partial charge >= 0.3 is 5.97 Å². The van der Waals surface area contributed by atoms with Crippen molar-refractivity contribution in [2.75, 3.05) is 6.61 Å². The molecule has 0 aliphatic rings. The van der Waals surface area contributed by atoms with Gasteiger partial charge in [0.25, 0.3) is 0 Å². The van der Waals surface area contributed by atoms with Crippen LogP contribution < -0.4 is 0 Å². The summed E-state index contributed by atoms with van der Waals surface area (Å²) in [5.74, 6) is -0.317. The van der Waals surface area contributed by atoms with Crippen LogP contribution in [0.25, 0.3) is 0 Å². The fraction of sp³-hybridized carbons (Fsp3) is 0.308. The van der Waals surface area contributed by atoms with E-state index in [1.165, 1.54) is 6.20 Å². The topological polar surface area (TPSA) is 52.1 Å². The summed E-state index contributed by atoms with van der Waals surface area (Å²) in [6.07, 6.45) is 3.91. The lowest BCUT2D eigenvalue weighted by Crippen LogP contribution is -2.10. The molecule has 0 spiro atoms. The molecule has 0 bridgehead atoms. The van der Waals surface area contributed by atoms with Crippen LogP contribution in [0.1, 0.15) is 26.5 Å². The van der Waals surface area contributed by atoms with Gasteiger partial charge in [0.1, 0.15) is 0 Å². The molecule has 0 amide bonds. The Morgan fingerprint density at radius 3 is 2.94 bits per heavy atom. The highest BCUT2D eigenvalue weighted by atomic mass is 32.1. The monoisotopic (exact) mass is 262 g/mol. The fourth-order valence-electron chi connectivity index (χ4n) is 1.56. The zero-order chi connectivity index (χ0) is 13.0. The van der Waals surface area contributed by atoms with Crippen LogP contribution in [0.5, 0.6) is 0 Å². The summed E-state index contributed by atoms with van der Waals surface area (Å²) in [6, 6.07) is 1.80. The molecule has 2 aromatic heterocycles. The number of aryl methyl sites for hydroxylation is 2. The molecular weight excluding hydrogens is 248 g/mol. The van der Waals surface area contributed by atoms with Crippen LogP contribution in [0, 0.1) is 13.8 Å². The van der Waals surface area contributed by atoms with Crippen LogP contribution in [0.2, 0.25) is 0 Å². The van der Waals surface area contributed by atoms with Gasteiger partial charge in [-0.05, 0) is 25.5 Å². The molecule has 0 fully saturated rings. The molecule has 0 radical (unpaired) electrons. The lowest BCUT2D eigenvalue weighted by Gasteiger charge is -2.05. The Hall–Kier alpha value is -1.75. The van der Waals surface area contributed by atoms with Gasteiger partial charge in [0, 0.05) is 23.7 Å². The van der Waals surface area contributed by atoms with E-state index in [1.54, 1.807) is 29.1 Å². The second-order valence-electron chi connectivity index (χ2n) is 3.94. The summed E-state index contributed by atoms with van der Waals surface area (Å²) in [4.78, 5) is 21.0. The van der Waals surface area contributed by atoms with E-state index in [1.807, 2.05) is 13.8 Å². The molecular formula is C13H14N2O2S. The number of thiazole rings is 1. The van der Waals surface area contributed by atoms with Crippen molar-refractivity contribution >= 4 is 17.3 Å². The van der Waals surface area contributed by atoms with Crippen molar-refractivity contribution in [1.29, 1.82) is 0 Å². The van der Waals surface area contributed by atoms with Crippen LogP contribution in [0.15, 0.2) is 24.0 Å². The lowest BCUT2D eigenvalue weighted by atomic mass is 10.2. The Bertz CT molecular complexity index is 551. The molecule has 0 unspecified atom stereocenters. The number of carbonyl (C=O) groups excluding carboxylic acids is 1. The summed E-state index contributed by atoms with van der Waals surface area (Å²) >= 11 is 1.59. The Balaban J connectivity index is 1.90. The zero-order valence-corrected chi connectivity index (χ0v) is 11.2. The number of pyridine rings is 1. The first-order valence-electron chi connectivity index (χ1n) is 5.65. The first-order valence-corrected chi connectivity index (χ1v) is 6.53. The first-order chi connectivity index (χ1) is 8.68. The van der Waals surface area contributed by atoms with Gasteiger partial charge < -0.3 is 4.74 Å². The third-order valence-corrected chi connectivity index (χ3v) is 3.66. The van der Waals surface area contributed by atoms with Crippen LogP contribution in [0.4, 0.5) is 0 Å². The second-order valence-corrected chi connectivity index (χ2v) is 4.88. The van der Waals surface area contributed by atoms with Crippen molar-refractivity contribution in [3.63, 3.8) is 0 Å². The van der Waals surface area contributed by atoms with Crippen LogP contribution in [-0.4, -0.2) is 22.5 Å². The van der Waals surface area contributed by atoms with Crippen molar-refractivity contribution in [2.24, 2.45) is 0 Å².